The van der Waals surface area contributed by atoms with Crippen LogP contribution in [-0.2, 0) is 40.1 Å². The Bertz CT molecular complexity index is 1530. The summed E-state index contributed by atoms with van der Waals surface area (Å²) in [6, 6.07) is 3.53. The van der Waals surface area contributed by atoms with Crippen molar-refractivity contribution < 1.29 is 24.6 Å². The molecule has 2 N–H and O–H groups in total. The quantitative estimate of drug-likeness (QED) is 0.353. The Balaban J connectivity index is 1.43. The van der Waals surface area contributed by atoms with Crippen molar-refractivity contribution in [2.75, 3.05) is 31.1 Å². The van der Waals surface area contributed by atoms with Crippen LogP contribution in [0.1, 0.15) is 59.4 Å². The largest absolute Gasteiger partial charge is 0.507 e. The number of hydrogen-bond acceptors (Lipinski definition) is 6. The lowest BCUT2D eigenvalue weighted by Crippen LogP contribution is -2.44. The van der Waals surface area contributed by atoms with E-state index in [1.165, 1.54) is 0 Å². The molecule has 0 aromatic heterocycles. The molecule has 0 amide bonds. The second kappa shape index (κ2) is 7.76. The van der Waals surface area contributed by atoms with Crippen LogP contribution in [-0.4, -0.2) is 53.7 Å². The molecule has 1 atom stereocenters. The standard InChI is InChI=1S/C29H28N2O5/c32-25-17-7-3-11-30-9-1-5-15(23(17)30)13-19(25)21-27(34)22(29(36)28(21)35)20-14-16-6-2-10-31-12-4-8-18(24(16)31)26(20)33/h13-14,21,32H,1-12H2/p+1/b22-20+. The molecule has 7 nitrogen and oxygen atoms in total. The van der Waals surface area contributed by atoms with E-state index >= 15 is 0 Å². The number of ketones is 3. The predicted octanol–water partition coefficient (Wildman–Crippen LogP) is 0.835. The Morgan fingerprint density at radius 1 is 0.778 bits per heavy atom. The van der Waals surface area contributed by atoms with Crippen molar-refractivity contribution in [2.45, 2.75) is 57.3 Å². The maximum Gasteiger partial charge on any atom is 0.234 e. The van der Waals surface area contributed by atoms with Crippen LogP contribution in [0.2, 0.25) is 0 Å². The highest BCUT2D eigenvalue weighted by molar-refractivity contribution is 6.72. The summed E-state index contributed by atoms with van der Waals surface area (Å²) in [6.45, 7) is 3.75. The van der Waals surface area contributed by atoms with Gasteiger partial charge in [0.25, 0.3) is 0 Å². The van der Waals surface area contributed by atoms with Crippen LogP contribution >= 0.6 is 0 Å². The summed E-state index contributed by atoms with van der Waals surface area (Å²) in [5.74, 6) is -3.71. The van der Waals surface area contributed by atoms with Gasteiger partial charge in [-0.3, -0.25) is 14.4 Å². The van der Waals surface area contributed by atoms with E-state index in [0.717, 1.165) is 98.0 Å². The number of phenols is 2. The van der Waals surface area contributed by atoms with Gasteiger partial charge in [-0.1, -0.05) is 0 Å². The van der Waals surface area contributed by atoms with E-state index < -0.39 is 23.3 Å². The van der Waals surface area contributed by atoms with Crippen LogP contribution < -0.4 is 20.1 Å². The van der Waals surface area contributed by atoms with E-state index in [0.29, 0.717) is 12.8 Å². The highest BCUT2D eigenvalue weighted by Gasteiger charge is 2.48. The van der Waals surface area contributed by atoms with Gasteiger partial charge in [-0.25, -0.2) is 4.58 Å². The van der Waals surface area contributed by atoms with E-state index in [9.17, 15) is 24.6 Å². The average molecular weight is 486 g/mol. The van der Waals surface area contributed by atoms with Crippen molar-refractivity contribution in [2.24, 2.45) is 0 Å². The van der Waals surface area contributed by atoms with Crippen LogP contribution in [0.5, 0.6) is 11.5 Å². The average Bonchev–Trinajstić information content (AvgIpc) is 3.11. The fourth-order valence-corrected chi connectivity index (χ4v) is 7.29. The van der Waals surface area contributed by atoms with Crippen LogP contribution in [0.25, 0.3) is 5.57 Å². The molecular weight excluding hydrogens is 456 g/mol. The molecule has 4 aliphatic heterocycles. The molecule has 36 heavy (non-hydrogen) atoms. The summed E-state index contributed by atoms with van der Waals surface area (Å²) < 4.78 is 2.28. The lowest BCUT2D eigenvalue weighted by atomic mass is 9.84. The van der Waals surface area contributed by atoms with E-state index in [1.807, 2.05) is 0 Å². The number of hydrogen-bond donors (Lipinski definition) is 2. The lowest BCUT2D eigenvalue weighted by molar-refractivity contribution is -0.133. The van der Waals surface area contributed by atoms with Gasteiger partial charge in [-0.2, -0.15) is 0 Å². The van der Waals surface area contributed by atoms with Crippen LogP contribution in [0.4, 0.5) is 5.69 Å². The number of anilines is 1. The van der Waals surface area contributed by atoms with Gasteiger partial charge in [0, 0.05) is 53.5 Å². The molecule has 7 rings (SSSR count). The fraction of sp³-hybridized carbons (Fsp3) is 0.448. The number of aryl methyl sites for hydroxylation is 2. The maximum atomic E-state index is 13.8. The Labute approximate surface area is 208 Å². The smallest absolute Gasteiger partial charge is 0.234 e. The van der Waals surface area contributed by atoms with Crippen molar-refractivity contribution in [3.63, 3.8) is 0 Å². The number of phenolic OH excluding ortho intramolecular Hbond substituents is 2. The normalized spacial score (nSPS) is 24.2. The Hall–Kier alpha value is -3.48. The minimum Gasteiger partial charge on any atom is -0.507 e. The van der Waals surface area contributed by atoms with E-state index in [1.54, 1.807) is 12.1 Å². The monoisotopic (exact) mass is 485 g/mol. The van der Waals surface area contributed by atoms with Crippen molar-refractivity contribution in [3.8, 4) is 11.5 Å². The number of rotatable bonds is 1. The summed E-state index contributed by atoms with van der Waals surface area (Å²) >= 11 is 0. The third kappa shape index (κ3) is 2.85. The van der Waals surface area contributed by atoms with Gasteiger partial charge in [0.1, 0.15) is 30.5 Å². The number of Topliss-reactive ketones (excluding diaryl/α,β-unsaturated/α-hetero) is 3. The van der Waals surface area contributed by atoms with Gasteiger partial charge in [0.2, 0.25) is 16.9 Å². The number of carbonyl (C=O) groups excluding carboxylic acids is 3. The minimum atomic E-state index is -1.35. The first-order chi connectivity index (χ1) is 17.5. The zero-order valence-corrected chi connectivity index (χ0v) is 20.2. The van der Waals surface area contributed by atoms with Crippen molar-refractivity contribution >= 4 is 28.6 Å². The van der Waals surface area contributed by atoms with Gasteiger partial charge < -0.3 is 15.1 Å². The van der Waals surface area contributed by atoms with E-state index in [-0.39, 0.29) is 27.9 Å². The topological polar surface area (TPSA) is 97.9 Å². The Kier molecular flexibility index (Phi) is 4.69. The van der Waals surface area contributed by atoms with E-state index in [2.05, 4.69) is 9.48 Å². The van der Waals surface area contributed by atoms with Crippen LogP contribution in [0.15, 0.2) is 12.1 Å². The lowest BCUT2D eigenvalue weighted by Gasteiger charge is -2.38. The highest BCUT2D eigenvalue weighted by Crippen LogP contribution is 2.46. The summed E-state index contributed by atoms with van der Waals surface area (Å²) in [5.41, 5.74) is 4.68. The summed E-state index contributed by atoms with van der Waals surface area (Å²) in [4.78, 5) is 42.7. The zero-order chi connectivity index (χ0) is 24.7. The molecule has 0 bridgehead atoms. The Morgan fingerprint density at radius 2 is 1.47 bits per heavy atom. The molecule has 0 saturated heterocycles. The van der Waals surface area contributed by atoms with Gasteiger partial charge in [0.15, 0.2) is 5.78 Å². The second-order valence-corrected chi connectivity index (χ2v) is 10.8. The first-order valence-electron chi connectivity index (χ1n) is 13.2. The third-order valence-electron chi connectivity index (χ3n) is 8.82. The van der Waals surface area contributed by atoms with E-state index in [4.69, 9.17) is 0 Å². The number of benzene rings is 2. The third-order valence-corrected chi connectivity index (χ3v) is 8.82. The molecule has 0 spiro atoms. The SMILES string of the molecule is O=C1C(=O)C(c2cc3c4c(c2O)CCCN4CCC3)C(=O)/C1=c1/cc2c3c(c1O)CCC[N+]=3CCC2. The van der Waals surface area contributed by atoms with Crippen LogP contribution in [0, 0.1) is 0 Å². The molecule has 2 aromatic rings. The molecule has 7 heteroatoms. The molecule has 1 unspecified atom stereocenters. The number of nitrogens with zero attached hydrogens (tertiary/aromatic N) is 2. The summed E-state index contributed by atoms with van der Waals surface area (Å²) in [6.07, 6.45) is 6.73. The fourth-order valence-electron chi connectivity index (χ4n) is 7.29. The minimum absolute atomic E-state index is 0.0264. The van der Waals surface area contributed by atoms with Gasteiger partial charge >= 0.3 is 0 Å². The van der Waals surface area contributed by atoms with Gasteiger partial charge in [-0.15, -0.1) is 0 Å². The van der Waals surface area contributed by atoms with Gasteiger partial charge in [0.05, 0.1) is 11.1 Å². The second-order valence-electron chi connectivity index (χ2n) is 10.8. The summed E-state index contributed by atoms with van der Waals surface area (Å²) in [5, 5.41) is 23.7. The molecule has 4 heterocycles. The van der Waals surface area contributed by atoms with Crippen molar-refractivity contribution in [1.29, 1.82) is 0 Å². The number of carbonyl (C=O) groups is 3. The Morgan fingerprint density at radius 3 is 2.28 bits per heavy atom. The van der Waals surface area contributed by atoms with Crippen LogP contribution in [0.3, 0.4) is 0 Å². The highest BCUT2D eigenvalue weighted by atomic mass is 16.3. The predicted molar refractivity (Wildman–Crippen MR) is 133 cm³/mol. The maximum absolute atomic E-state index is 13.8. The molecule has 2 aromatic carbocycles. The van der Waals surface area contributed by atoms with Crippen molar-refractivity contribution in [3.05, 3.63) is 50.5 Å². The molecule has 1 fully saturated rings. The molecule has 1 saturated carbocycles. The molecule has 0 radical (unpaired) electrons. The first-order valence-corrected chi connectivity index (χ1v) is 13.2. The summed E-state index contributed by atoms with van der Waals surface area (Å²) in [7, 11) is 0. The van der Waals surface area contributed by atoms with Crippen molar-refractivity contribution in [1.82, 2.24) is 4.58 Å². The molecule has 184 valence electrons. The first kappa shape index (κ1) is 21.8. The zero-order valence-electron chi connectivity index (χ0n) is 20.2. The van der Waals surface area contributed by atoms with Gasteiger partial charge in [-0.05, 0) is 56.2 Å². The number of aromatic hydroxyl groups is 2. The molecular formula is C29H29N2O5+. The molecule has 5 aliphatic rings. The molecule has 1 aliphatic carbocycles.